The Balaban J connectivity index is 1.92. The van der Waals surface area contributed by atoms with Crippen LogP contribution in [0.5, 0.6) is 11.5 Å². The minimum atomic E-state index is -0.458. The molecule has 0 unspecified atom stereocenters. The molecular weight excluding hydrogens is 406 g/mol. The van der Waals surface area contributed by atoms with Crippen molar-refractivity contribution >= 4 is 39.7 Å². The predicted molar refractivity (Wildman–Crippen MR) is 114 cm³/mol. The zero-order valence-electron chi connectivity index (χ0n) is 16.6. The lowest BCUT2D eigenvalue weighted by molar-refractivity contribution is 0.0531. The van der Waals surface area contributed by atoms with Gasteiger partial charge in [0.15, 0.2) is 18.1 Å². The number of fused-ring (bicyclic) bond motifs is 1. The van der Waals surface area contributed by atoms with Crippen molar-refractivity contribution in [1.82, 2.24) is 9.97 Å². The Morgan fingerprint density at radius 3 is 2.83 bits per heavy atom. The van der Waals surface area contributed by atoms with Crippen LogP contribution in [-0.4, -0.2) is 36.3 Å². The van der Waals surface area contributed by atoms with Crippen molar-refractivity contribution in [3.8, 4) is 17.6 Å². The number of nitriles is 1. The summed E-state index contributed by atoms with van der Waals surface area (Å²) in [5, 5.41) is 9.03. The normalized spacial score (nSPS) is 10.9. The molecule has 3 aromatic rings. The smallest absolute Gasteiger partial charge is 0.348 e. The summed E-state index contributed by atoms with van der Waals surface area (Å²) in [6, 6.07) is 7.14. The molecular formula is C21H19N3O5S. The number of esters is 1. The van der Waals surface area contributed by atoms with Crippen molar-refractivity contribution in [2.45, 2.75) is 13.8 Å². The summed E-state index contributed by atoms with van der Waals surface area (Å²) < 4.78 is 15.6. The van der Waals surface area contributed by atoms with Gasteiger partial charge in [-0.3, -0.25) is 4.79 Å². The van der Waals surface area contributed by atoms with Crippen molar-refractivity contribution < 1.29 is 19.0 Å². The third-order valence-corrected chi connectivity index (χ3v) is 5.36. The number of hydrogen-bond acceptors (Lipinski definition) is 8. The molecule has 2 heterocycles. The van der Waals surface area contributed by atoms with Crippen LogP contribution in [0.2, 0.25) is 0 Å². The first kappa shape index (κ1) is 21.1. The fourth-order valence-corrected chi connectivity index (χ4v) is 3.91. The van der Waals surface area contributed by atoms with Crippen LogP contribution in [0.3, 0.4) is 0 Å². The zero-order valence-corrected chi connectivity index (χ0v) is 17.5. The molecule has 0 aliphatic heterocycles. The molecule has 0 bridgehead atoms. The van der Waals surface area contributed by atoms with Crippen LogP contribution in [0.25, 0.3) is 22.4 Å². The molecule has 0 aliphatic rings. The van der Waals surface area contributed by atoms with Crippen molar-refractivity contribution in [3.63, 3.8) is 0 Å². The molecule has 0 amide bonds. The van der Waals surface area contributed by atoms with Gasteiger partial charge in [0.2, 0.25) is 0 Å². The van der Waals surface area contributed by atoms with Crippen molar-refractivity contribution in [1.29, 1.82) is 5.26 Å². The van der Waals surface area contributed by atoms with Crippen molar-refractivity contribution in [2.75, 3.05) is 20.3 Å². The summed E-state index contributed by atoms with van der Waals surface area (Å²) in [7, 11) is 1.51. The predicted octanol–water partition coefficient (Wildman–Crippen LogP) is 3.55. The Morgan fingerprint density at radius 2 is 2.13 bits per heavy atom. The van der Waals surface area contributed by atoms with Crippen LogP contribution in [0.15, 0.2) is 23.0 Å². The van der Waals surface area contributed by atoms with E-state index < -0.39 is 5.97 Å². The monoisotopic (exact) mass is 425 g/mol. The van der Waals surface area contributed by atoms with E-state index in [0.29, 0.717) is 38.0 Å². The molecule has 0 saturated carbocycles. The number of thiophene rings is 1. The highest BCUT2D eigenvalue weighted by atomic mass is 32.1. The van der Waals surface area contributed by atoms with Crippen molar-refractivity contribution in [3.05, 3.63) is 50.4 Å². The van der Waals surface area contributed by atoms with E-state index in [4.69, 9.17) is 19.5 Å². The topological polar surface area (TPSA) is 114 Å². The Kier molecular flexibility index (Phi) is 6.49. The van der Waals surface area contributed by atoms with Crippen LogP contribution in [0, 0.1) is 18.3 Å². The van der Waals surface area contributed by atoms with E-state index in [9.17, 15) is 9.59 Å². The average Bonchev–Trinajstić information content (AvgIpc) is 3.08. The first-order valence-electron chi connectivity index (χ1n) is 9.04. The summed E-state index contributed by atoms with van der Waals surface area (Å²) >= 11 is 1.14. The summed E-state index contributed by atoms with van der Waals surface area (Å²) in [5.41, 5.74) is 1.03. The molecule has 0 fully saturated rings. The van der Waals surface area contributed by atoms with Gasteiger partial charge in [-0.15, -0.1) is 11.3 Å². The first-order valence-corrected chi connectivity index (χ1v) is 9.86. The molecule has 2 aromatic heterocycles. The summed E-state index contributed by atoms with van der Waals surface area (Å²) in [6.45, 7) is 3.62. The molecule has 1 aromatic carbocycles. The fourth-order valence-electron chi connectivity index (χ4n) is 2.82. The van der Waals surface area contributed by atoms with Crippen molar-refractivity contribution in [2.24, 2.45) is 0 Å². The number of carbonyl (C=O) groups excluding carboxylic acids is 1. The Hall–Kier alpha value is -3.64. The number of H-pyrrole nitrogens is 1. The molecule has 0 radical (unpaired) electrons. The lowest BCUT2D eigenvalue weighted by Crippen LogP contribution is -2.10. The number of ether oxygens (including phenoxy) is 3. The van der Waals surface area contributed by atoms with Gasteiger partial charge in [0.1, 0.15) is 21.6 Å². The van der Waals surface area contributed by atoms with Gasteiger partial charge in [-0.05, 0) is 43.2 Å². The van der Waals surface area contributed by atoms with E-state index in [2.05, 4.69) is 9.97 Å². The van der Waals surface area contributed by atoms with Crippen LogP contribution >= 0.6 is 11.3 Å². The summed E-state index contributed by atoms with van der Waals surface area (Å²) in [6.07, 6.45) is 3.41. The highest BCUT2D eigenvalue weighted by Crippen LogP contribution is 2.29. The van der Waals surface area contributed by atoms with Gasteiger partial charge in [-0.25, -0.2) is 9.78 Å². The summed E-state index contributed by atoms with van der Waals surface area (Å²) in [5.74, 6) is 0.843. The Labute approximate surface area is 176 Å². The molecule has 0 spiro atoms. The Morgan fingerprint density at radius 1 is 1.33 bits per heavy atom. The van der Waals surface area contributed by atoms with Crippen LogP contribution in [-0.2, 0) is 4.74 Å². The number of benzene rings is 1. The Bertz CT molecular complexity index is 1220. The van der Waals surface area contributed by atoms with E-state index in [1.807, 2.05) is 6.07 Å². The number of hydrogen-bond donors (Lipinski definition) is 1. The third kappa shape index (κ3) is 4.34. The number of aryl methyl sites for hydroxylation is 1. The molecule has 0 saturated heterocycles. The van der Waals surface area contributed by atoms with Gasteiger partial charge in [0.25, 0.3) is 5.56 Å². The van der Waals surface area contributed by atoms with E-state index in [1.165, 1.54) is 7.11 Å². The first-order chi connectivity index (χ1) is 14.5. The van der Waals surface area contributed by atoms with Crippen LogP contribution in [0.4, 0.5) is 0 Å². The van der Waals surface area contributed by atoms with Gasteiger partial charge in [-0.2, -0.15) is 5.26 Å². The number of carbonyl (C=O) groups is 1. The quantitative estimate of drug-likeness (QED) is 0.576. The molecule has 0 atom stereocenters. The molecule has 9 heteroatoms. The minimum absolute atomic E-state index is 0.0786. The van der Waals surface area contributed by atoms with Gasteiger partial charge in [0.05, 0.1) is 19.1 Å². The summed E-state index contributed by atoms with van der Waals surface area (Å²) in [4.78, 5) is 32.6. The van der Waals surface area contributed by atoms with E-state index in [-0.39, 0.29) is 18.8 Å². The molecule has 8 nitrogen and oxygen atoms in total. The molecule has 30 heavy (non-hydrogen) atoms. The van der Waals surface area contributed by atoms with Crippen LogP contribution in [0.1, 0.15) is 33.5 Å². The number of methoxy groups -OCH3 is 1. The van der Waals surface area contributed by atoms with E-state index in [0.717, 1.165) is 16.9 Å². The SMILES string of the molecule is CCOC(=O)c1sc2nc(C=Cc3ccc(OCC#N)c(OC)c3)[nH]c(=O)c2c1C. The maximum atomic E-state index is 12.5. The van der Waals surface area contributed by atoms with Gasteiger partial charge in [0, 0.05) is 0 Å². The lowest BCUT2D eigenvalue weighted by Gasteiger charge is -2.08. The number of aromatic nitrogens is 2. The maximum absolute atomic E-state index is 12.5. The number of rotatable bonds is 7. The maximum Gasteiger partial charge on any atom is 0.348 e. The largest absolute Gasteiger partial charge is 0.493 e. The fraction of sp³-hybridized carbons (Fsp3) is 0.238. The molecule has 154 valence electrons. The standard InChI is InChI=1S/C21H19N3O5S/c1-4-28-21(26)18-12(2)17-19(25)23-16(24-20(17)30-18)8-6-13-5-7-14(29-10-9-22)15(11-13)27-3/h5-8,11H,4,10H2,1-3H3,(H,23,24,25). The number of nitrogens with one attached hydrogen (secondary N) is 1. The van der Waals surface area contributed by atoms with Gasteiger partial charge in [-0.1, -0.05) is 12.1 Å². The van der Waals surface area contributed by atoms with Crippen LogP contribution < -0.4 is 15.0 Å². The number of aromatic amines is 1. The minimum Gasteiger partial charge on any atom is -0.493 e. The zero-order chi connectivity index (χ0) is 21.7. The molecule has 1 N–H and O–H groups in total. The third-order valence-electron chi connectivity index (χ3n) is 4.19. The lowest BCUT2D eigenvalue weighted by atomic mass is 10.2. The van der Waals surface area contributed by atoms with Gasteiger partial charge >= 0.3 is 5.97 Å². The average molecular weight is 425 g/mol. The number of nitrogens with zero attached hydrogens (tertiary/aromatic N) is 2. The van der Waals surface area contributed by atoms with E-state index >= 15 is 0 Å². The van der Waals surface area contributed by atoms with Gasteiger partial charge < -0.3 is 19.2 Å². The highest BCUT2D eigenvalue weighted by molar-refractivity contribution is 7.20. The molecule has 3 rings (SSSR count). The second-order valence-electron chi connectivity index (χ2n) is 6.10. The second-order valence-corrected chi connectivity index (χ2v) is 7.10. The molecule has 0 aliphatic carbocycles. The highest BCUT2D eigenvalue weighted by Gasteiger charge is 2.19. The second kappa shape index (κ2) is 9.24. The van der Waals surface area contributed by atoms with E-state index in [1.54, 1.807) is 44.2 Å².